The Labute approximate surface area is 144 Å². The molecule has 0 unspecified atom stereocenters. The molecular formula is C20H26N2O2. The number of likely N-dealkylation sites (tertiary alicyclic amines) is 1. The van der Waals surface area contributed by atoms with E-state index in [2.05, 4.69) is 52.7 Å². The Morgan fingerprint density at radius 3 is 2.42 bits per heavy atom. The van der Waals surface area contributed by atoms with Gasteiger partial charge in [0.1, 0.15) is 11.5 Å². The third-order valence-corrected chi connectivity index (χ3v) is 4.47. The summed E-state index contributed by atoms with van der Waals surface area (Å²) in [5, 5.41) is 3.65. The van der Waals surface area contributed by atoms with E-state index in [9.17, 15) is 0 Å². The molecule has 2 aromatic carbocycles. The molecule has 1 aliphatic rings. The van der Waals surface area contributed by atoms with Gasteiger partial charge in [0, 0.05) is 30.9 Å². The Morgan fingerprint density at radius 1 is 1.04 bits per heavy atom. The van der Waals surface area contributed by atoms with Gasteiger partial charge >= 0.3 is 0 Å². The lowest BCUT2D eigenvalue weighted by Crippen LogP contribution is -2.41. The Balaban J connectivity index is 1.63. The van der Waals surface area contributed by atoms with Crippen LogP contribution in [0, 0.1) is 0 Å². The van der Waals surface area contributed by atoms with E-state index in [-0.39, 0.29) is 0 Å². The van der Waals surface area contributed by atoms with Crippen molar-refractivity contribution in [1.29, 1.82) is 0 Å². The first-order valence-electron chi connectivity index (χ1n) is 8.52. The van der Waals surface area contributed by atoms with Gasteiger partial charge < -0.3 is 14.8 Å². The minimum atomic E-state index is 0.494. The Kier molecular flexibility index (Phi) is 5.59. The molecule has 1 heterocycles. The number of hydrogen-bond acceptors (Lipinski definition) is 4. The van der Waals surface area contributed by atoms with Crippen LogP contribution in [0.15, 0.2) is 48.5 Å². The molecule has 0 radical (unpaired) electrons. The highest BCUT2D eigenvalue weighted by atomic mass is 16.5. The largest absolute Gasteiger partial charge is 0.497 e. The SMILES string of the molecule is COc1cc(CN2CCC[C@H](Nc3ccccc3)C2)cc(OC)c1. The highest BCUT2D eigenvalue weighted by Crippen LogP contribution is 2.25. The summed E-state index contributed by atoms with van der Waals surface area (Å²) in [4.78, 5) is 2.50. The van der Waals surface area contributed by atoms with E-state index in [1.165, 1.54) is 24.1 Å². The van der Waals surface area contributed by atoms with Gasteiger partial charge in [0.15, 0.2) is 0 Å². The van der Waals surface area contributed by atoms with E-state index in [0.29, 0.717) is 6.04 Å². The van der Waals surface area contributed by atoms with Crippen molar-refractivity contribution in [3.05, 3.63) is 54.1 Å². The zero-order chi connectivity index (χ0) is 16.8. The fourth-order valence-corrected chi connectivity index (χ4v) is 3.30. The first-order valence-corrected chi connectivity index (χ1v) is 8.52. The maximum Gasteiger partial charge on any atom is 0.122 e. The third kappa shape index (κ3) is 4.42. The topological polar surface area (TPSA) is 33.7 Å². The molecule has 1 N–H and O–H groups in total. The first-order chi connectivity index (χ1) is 11.8. The number of para-hydroxylation sites is 1. The van der Waals surface area contributed by atoms with E-state index in [4.69, 9.17) is 9.47 Å². The molecule has 0 spiro atoms. The van der Waals surface area contributed by atoms with Crippen LogP contribution in [0.4, 0.5) is 5.69 Å². The van der Waals surface area contributed by atoms with Gasteiger partial charge in [-0.3, -0.25) is 4.90 Å². The summed E-state index contributed by atoms with van der Waals surface area (Å²) in [6, 6.07) is 17.1. The van der Waals surface area contributed by atoms with Gasteiger partial charge in [-0.15, -0.1) is 0 Å². The molecule has 1 fully saturated rings. The molecule has 2 aromatic rings. The average Bonchev–Trinajstić information content (AvgIpc) is 2.62. The van der Waals surface area contributed by atoms with Crippen LogP contribution in [0.5, 0.6) is 11.5 Å². The number of nitrogens with zero attached hydrogens (tertiary/aromatic N) is 1. The zero-order valence-corrected chi connectivity index (χ0v) is 14.5. The molecule has 4 heteroatoms. The van der Waals surface area contributed by atoms with Crippen LogP contribution >= 0.6 is 0 Å². The molecule has 1 atom stereocenters. The molecule has 1 saturated heterocycles. The molecule has 0 amide bonds. The highest BCUT2D eigenvalue weighted by Gasteiger charge is 2.20. The molecule has 0 saturated carbocycles. The Bertz CT molecular complexity index is 623. The van der Waals surface area contributed by atoms with Gasteiger partial charge in [0.25, 0.3) is 0 Å². The predicted molar refractivity (Wildman–Crippen MR) is 97.9 cm³/mol. The second kappa shape index (κ2) is 8.06. The van der Waals surface area contributed by atoms with Crippen LogP contribution in [0.3, 0.4) is 0 Å². The molecular weight excluding hydrogens is 300 g/mol. The molecule has 24 heavy (non-hydrogen) atoms. The number of benzene rings is 2. The number of anilines is 1. The average molecular weight is 326 g/mol. The smallest absolute Gasteiger partial charge is 0.122 e. The first kappa shape index (κ1) is 16.7. The summed E-state index contributed by atoms with van der Waals surface area (Å²) in [5.41, 5.74) is 2.43. The molecule has 0 aliphatic carbocycles. The van der Waals surface area contributed by atoms with Crippen molar-refractivity contribution >= 4 is 5.69 Å². The number of methoxy groups -OCH3 is 2. The number of rotatable bonds is 6. The van der Waals surface area contributed by atoms with Crippen LogP contribution in [0.25, 0.3) is 0 Å². The summed E-state index contributed by atoms with van der Waals surface area (Å²) in [5.74, 6) is 1.70. The monoisotopic (exact) mass is 326 g/mol. The van der Waals surface area contributed by atoms with E-state index < -0.39 is 0 Å². The Morgan fingerprint density at radius 2 is 1.75 bits per heavy atom. The lowest BCUT2D eigenvalue weighted by molar-refractivity contribution is 0.208. The van der Waals surface area contributed by atoms with Crippen molar-refractivity contribution in [2.45, 2.75) is 25.4 Å². The van der Waals surface area contributed by atoms with Crippen molar-refractivity contribution in [3.63, 3.8) is 0 Å². The molecule has 0 bridgehead atoms. The van der Waals surface area contributed by atoms with Gasteiger partial charge in [-0.1, -0.05) is 18.2 Å². The molecule has 4 nitrogen and oxygen atoms in total. The molecule has 128 valence electrons. The van der Waals surface area contributed by atoms with Gasteiger partial charge in [0.2, 0.25) is 0 Å². The second-order valence-electron chi connectivity index (χ2n) is 6.31. The minimum absolute atomic E-state index is 0.494. The lowest BCUT2D eigenvalue weighted by atomic mass is 10.0. The van der Waals surface area contributed by atoms with Crippen LogP contribution in [0.1, 0.15) is 18.4 Å². The molecule has 1 aliphatic heterocycles. The zero-order valence-electron chi connectivity index (χ0n) is 14.5. The normalized spacial score (nSPS) is 18.2. The summed E-state index contributed by atoms with van der Waals surface area (Å²) < 4.78 is 10.8. The van der Waals surface area contributed by atoms with Crippen molar-refractivity contribution in [2.24, 2.45) is 0 Å². The molecule has 0 aromatic heterocycles. The lowest BCUT2D eigenvalue weighted by Gasteiger charge is -2.33. The maximum absolute atomic E-state index is 5.38. The maximum atomic E-state index is 5.38. The van der Waals surface area contributed by atoms with Crippen LogP contribution < -0.4 is 14.8 Å². The van der Waals surface area contributed by atoms with Crippen molar-refractivity contribution in [1.82, 2.24) is 4.90 Å². The Hall–Kier alpha value is -2.20. The van der Waals surface area contributed by atoms with E-state index in [1.54, 1.807) is 14.2 Å². The summed E-state index contributed by atoms with van der Waals surface area (Å²) in [7, 11) is 3.39. The highest BCUT2D eigenvalue weighted by molar-refractivity contribution is 5.43. The standard InChI is InChI=1S/C20H26N2O2/c1-23-19-11-16(12-20(13-19)24-2)14-22-10-6-9-18(15-22)21-17-7-4-3-5-8-17/h3-5,7-8,11-13,18,21H,6,9-10,14-15H2,1-2H3/t18-/m0/s1. The van der Waals surface area contributed by atoms with E-state index >= 15 is 0 Å². The number of hydrogen-bond donors (Lipinski definition) is 1. The fourth-order valence-electron chi connectivity index (χ4n) is 3.30. The van der Waals surface area contributed by atoms with E-state index in [1.807, 2.05) is 6.07 Å². The van der Waals surface area contributed by atoms with Gasteiger partial charge in [0.05, 0.1) is 14.2 Å². The number of piperidine rings is 1. The summed E-state index contributed by atoms with van der Waals surface area (Å²) in [6.45, 7) is 3.10. The van der Waals surface area contributed by atoms with Crippen LogP contribution in [-0.2, 0) is 6.54 Å². The second-order valence-corrected chi connectivity index (χ2v) is 6.31. The van der Waals surface area contributed by atoms with Crippen LogP contribution in [-0.4, -0.2) is 38.3 Å². The van der Waals surface area contributed by atoms with Crippen molar-refractivity contribution < 1.29 is 9.47 Å². The minimum Gasteiger partial charge on any atom is -0.497 e. The summed E-state index contributed by atoms with van der Waals surface area (Å²) >= 11 is 0. The van der Waals surface area contributed by atoms with Gasteiger partial charge in [-0.05, 0) is 49.2 Å². The van der Waals surface area contributed by atoms with Crippen LogP contribution in [0.2, 0.25) is 0 Å². The summed E-state index contributed by atoms with van der Waals surface area (Å²) in [6.07, 6.45) is 2.43. The predicted octanol–water partition coefficient (Wildman–Crippen LogP) is 3.78. The van der Waals surface area contributed by atoms with Gasteiger partial charge in [-0.25, -0.2) is 0 Å². The van der Waals surface area contributed by atoms with Crippen molar-refractivity contribution in [3.8, 4) is 11.5 Å². The number of ether oxygens (including phenoxy) is 2. The quantitative estimate of drug-likeness (QED) is 0.876. The molecule has 3 rings (SSSR count). The van der Waals surface area contributed by atoms with Gasteiger partial charge in [-0.2, -0.15) is 0 Å². The van der Waals surface area contributed by atoms with E-state index in [0.717, 1.165) is 31.1 Å². The van der Waals surface area contributed by atoms with Crippen molar-refractivity contribution in [2.75, 3.05) is 32.6 Å². The number of nitrogens with one attached hydrogen (secondary N) is 1. The third-order valence-electron chi connectivity index (χ3n) is 4.47. The fraction of sp³-hybridized carbons (Fsp3) is 0.400.